The molecule has 2 N–H and O–H groups in total. The van der Waals surface area contributed by atoms with Gasteiger partial charge in [-0.25, -0.2) is 22.2 Å². The van der Waals surface area contributed by atoms with E-state index in [2.05, 4.69) is 4.72 Å². The van der Waals surface area contributed by atoms with E-state index >= 15 is 0 Å². The summed E-state index contributed by atoms with van der Waals surface area (Å²) < 4.78 is 59.7. The van der Waals surface area contributed by atoms with Crippen LogP contribution >= 0.6 is 0 Å². The van der Waals surface area contributed by atoms with Crippen molar-refractivity contribution in [2.45, 2.75) is 25.5 Å². The summed E-state index contributed by atoms with van der Waals surface area (Å²) in [5.41, 5.74) is 1.85. The largest absolute Gasteiger partial charge is 0.487 e. The van der Waals surface area contributed by atoms with Crippen molar-refractivity contribution in [3.05, 3.63) is 65.7 Å². The molecule has 0 bridgehead atoms. The van der Waals surface area contributed by atoms with Gasteiger partial charge in [-0.15, -0.1) is 0 Å². The topological polar surface area (TPSA) is 122 Å². The van der Waals surface area contributed by atoms with Gasteiger partial charge in [-0.1, -0.05) is 48.6 Å². The van der Waals surface area contributed by atoms with Crippen LogP contribution in [0.1, 0.15) is 24.0 Å². The molecule has 4 rings (SSSR count). The molecule has 2 heterocycles. The average Bonchev–Trinajstić information content (AvgIpc) is 3.02. The van der Waals surface area contributed by atoms with E-state index in [0.717, 1.165) is 9.87 Å². The number of carbonyl (C=O) groups excluding carboxylic acids is 1. The van der Waals surface area contributed by atoms with Gasteiger partial charge in [-0.05, 0) is 36.1 Å². The van der Waals surface area contributed by atoms with Crippen LogP contribution in [0.15, 0.2) is 54.6 Å². The third kappa shape index (κ3) is 5.29. The van der Waals surface area contributed by atoms with Crippen molar-refractivity contribution in [1.29, 1.82) is 0 Å². The molecule has 2 fully saturated rings. The van der Waals surface area contributed by atoms with E-state index in [1.54, 1.807) is 30.4 Å². The molecule has 2 aromatic carbocycles. The Bertz CT molecular complexity index is 1240. The molecule has 2 aromatic rings. The van der Waals surface area contributed by atoms with Crippen LogP contribution in [-0.4, -0.2) is 41.1 Å². The van der Waals surface area contributed by atoms with Gasteiger partial charge in [0, 0.05) is 6.04 Å². The molecular weight excluding hydrogens is 454 g/mol. The Morgan fingerprint density at radius 3 is 2.56 bits per heavy atom. The highest BCUT2D eigenvalue weighted by molar-refractivity contribution is 7.92. The molecule has 1 atom stereocenters. The number of nitrogens with one attached hydrogen (secondary N) is 2. The Hall–Kier alpha value is -2.89. The van der Waals surface area contributed by atoms with Crippen LogP contribution in [-0.2, 0) is 31.6 Å². The summed E-state index contributed by atoms with van der Waals surface area (Å²) in [6, 6.07) is 14.0. The summed E-state index contributed by atoms with van der Waals surface area (Å²) in [4.78, 5) is 11.7. The minimum Gasteiger partial charge on any atom is -0.487 e. The van der Waals surface area contributed by atoms with E-state index in [9.17, 15) is 21.6 Å². The first-order chi connectivity index (χ1) is 15.2. The molecule has 32 heavy (non-hydrogen) atoms. The van der Waals surface area contributed by atoms with Gasteiger partial charge < -0.3 is 4.74 Å². The molecule has 1 unspecified atom stereocenters. The first-order valence-corrected chi connectivity index (χ1v) is 13.1. The number of nitrogens with zero attached hydrogens (tertiary/aromatic N) is 1. The normalized spacial score (nSPS) is 22.1. The molecule has 0 radical (unpaired) electrons. The number of ether oxygens (including phenoxy) is 1. The van der Waals surface area contributed by atoms with Crippen molar-refractivity contribution >= 4 is 37.9 Å². The van der Waals surface area contributed by atoms with Gasteiger partial charge in [0.2, 0.25) is 10.0 Å². The third-order valence-electron chi connectivity index (χ3n) is 5.09. The molecule has 2 aliphatic rings. The molecule has 0 saturated carbocycles. The summed E-state index contributed by atoms with van der Waals surface area (Å²) >= 11 is 0. The fraction of sp³-hybridized carbons (Fsp3) is 0.286. The highest BCUT2D eigenvalue weighted by Gasteiger charge is 2.35. The number of hydrogen-bond donors (Lipinski definition) is 2. The van der Waals surface area contributed by atoms with E-state index in [1.165, 1.54) is 0 Å². The zero-order valence-electron chi connectivity index (χ0n) is 17.1. The summed E-state index contributed by atoms with van der Waals surface area (Å²) in [6.45, 7) is -0.123. The number of anilines is 1. The van der Waals surface area contributed by atoms with Crippen molar-refractivity contribution in [3.8, 4) is 5.75 Å². The van der Waals surface area contributed by atoms with E-state index in [-0.39, 0.29) is 30.6 Å². The van der Waals surface area contributed by atoms with Crippen molar-refractivity contribution < 1.29 is 26.4 Å². The van der Waals surface area contributed by atoms with Crippen LogP contribution in [0.5, 0.6) is 5.75 Å². The summed E-state index contributed by atoms with van der Waals surface area (Å²) in [6.07, 6.45) is 4.82. The Morgan fingerprint density at radius 2 is 1.88 bits per heavy atom. The fourth-order valence-corrected chi connectivity index (χ4v) is 6.04. The molecule has 170 valence electrons. The van der Waals surface area contributed by atoms with Gasteiger partial charge >= 0.3 is 10.2 Å². The van der Waals surface area contributed by atoms with Crippen molar-refractivity contribution in [3.63, 3.8) is 0 Å². The molecule has 0 spiro atoms. The van der Waals surface area contributed by atoms with Gasteiger partial charge in [0.1, 0.15) is 18.9 Å². The van der Waals surface area contributed by atoms with Gasteiger partial charge in [-0.3, -0.25) is 4.79 Å². The van der Waals surface area contributed by atoms with Gasteiger partial charge in [0.05, 0.1) is 11.4 Å². The molecule has 9 nitrogen and oxygen atoms in total. The first-order valence-electron chi connectivity index (χ1n) is 10.0. The predicted octanol–water partition coefficient (Wildman–Crippen LogP) is 1.54. The average molecular weight is 478 g/mol. The molecule has 0 aliphatic carbocycles. The second-order valence-electron chi connectivity index (χ2n) is 7.58. The zero-order valence-corrected chi connectivity index (χ0v) is 18.7. The van der Waals surface area contributed by atoms with Gasteiger partial charge in [0.15, 0.2) is 0 Å². The maximum absolute atomic E-state index is 12.3. The maximum atomic E-state index is 12.3. The molecule has 0 aromatic heterocycles. The smallest absolute Gasteiger partial charge is 0.326 e. The minimum absolute atomic E-state index is 0.126. The second kappa shape index (κ2) is 8.93. The Kier molecular flexibility index (Phi) is 6.22. The second-order valence-corrected chi connectivity index (χ2v) is 11.1. The number of rotatable bonds is 6. The molecule has 2 aliphatic heterocycles. The van der Waals surface area contributed by atoms with Gasteiger partial charge in [-0.2, -0.15) is 8.42 Å². The van der Waals surface area contributed by atoms with Crippen molar-refractivity contribution in [2.75, 3.05) is 16.6 Å². The van der Waals surface area contributed by atoms with Crippen LogP contribution in [0, 0.1) is 0 Å². The molecule has 1 amide bonds. The van der Waals surface area contributed by atoms with Crippen LogP contribution in [0.25, 0.3) is 6.08 Å². The summed E-state index contributed by atoms with van der Waals surface area (Å²) in [5.74, 6) is -0.200. The third-order valence-corrected chi connectivity index (χ3v) is 7.97. The lowest BCUT2D eigenvalue weighted by molar-refractivity contribution is -0.117. The zero-order chi connectivity index (χ0) is 22.8. The highest BCUT2D eigenvalue weighted by Crippen LogP contribution is 2.33. The van der Waals surface area contributed by atoms with Crippen LogP contribution < -0.4 is 18.5 Å². The summed E-state index contributed by atoms with van der Waals surface area (Å²) in [7, 11) is -7.25. The number of hydrogen-bond acceptors (Lipinski definition) is 6. The standard InChI is InChI=1S/C21H23N3O6S2/c25-21-14-24(32(28,29)23-21)19-11-9-16(8-10-18-7-4-12-31(26,27)22-18)13-20(19)30-15-17-5-2-1-3-6-17/h1-3,5-6,8-11,13,18,22H,4,7,12,14-15H2,(H,23,25). The Morgan fingerprint density at radius 1 is 1.09 bits per heavy atom. The quantitative estimate of drug-likeness (QED) is 0.651. The van der Waals surface area contributed by atoms with Gasteiger partial charge in [0.25, 0.3) is 5.91 Å². The lowest BCUT2D eigenvalue weighted by atomic mass is 10.1. The number of benzene rings is 2. The SMILES string of the molecule is O=C1CN(c2ccc(C=CC3CCCS(=O)(=O)N3)cc2OCc2ccccc2)S(=O)(=O)N1. The highest BCUT2D eigenvalue weighted by atomic mass is 32.2. The monoisotopic (exact) mass is 477 g/mol. The van der Waals surface area contributed by atoms with E-state index < -0.39 is 26.1 Å². The van der Waals surface area contributed by atoms with Crippen LogP contribution in [0.3, 0.4) is 0 Å². The summed E-state index contributed by atoms with van der Waals surface area (Å²) in [5, 5.41) is 0. The molecular formula is C21H23N3O6S2. The van der Waals surface area contributed by atoms with E-state index in [0.29, 0.717) is 24.2 Å². The number of amides is 1. The van der Waals surface area contributed by atoms with Crippen LogP contribution in [0.4, 0.5) is 5.69 Å². The van der Waals surface area contributed by atoms with Crippen LogP contribution in [0.2, 0.25) is 0 Å². The fourth-order valence-electron chi connectivity index (χ4n) is 3.56. The lowest BCUT2D eigenvalue weighted by Gasteiger charge is -2.21. The first kappa shape index (κ1) is 22.3. The van der Waals surface area contributed by atoms with E-state index in [1.807, 2.05) is 35.1 Å². The predicted molar refractivity (Wildman–Crippen MR) is 121 cm³/mol. The van der Waals surface area contributed by atoms with E-state index in [4.69, 9.17) is 4.74 Å². The maximum Gasteiger partial charge on any atom is 0.326 e. The minimum atomic E-state index is -3.99. The number of carbonyl (C=O) groups is 1. The Labute approximate surface area is 187 Å². The van der Waals surface area contributed by atoms with Crippen molar-refractivity contribution in [1.82, 2.24) is 9.44 Å². The Balaban J connectivity index is 1.61. The van der Waals surface area contributed by atoms with Crippen molar-refractivity contribution in [2.24, 2.45) is 0 Å². The molecule has 11 heteroatoms. The lowest BCUT2D eigenvalue weighted by Crippen LogP contribution is -2.39. The number of sulfonamides is 1. The molecule has 2 saturated heterocycles.